The SMILES string of the molecule is Cc1ncsc1-c1ccc([C@H](CC(=O)NCCCCC(=O)NCCCn2cc(-c3ccc4c(c3)CCN4C(=O)Cc3cccc(OC(F)(F)F)c3)c3c(N)ncnc32)NC(=O)[C@@H]2C[C@@H](O)CN2C(=O)C(NC(=O)C2(F)CC2)C(C)(C)C)cc1. The number of halogens is 4. The Morgan fingerprint density at radius 1 is 0.904 bits per heavy atom. The molecule has 5 heterocycles. The second-order valence-electron chi connectivity index (χ2n) is 22.5. The van der Waals surface area contributed by atoms with E-state index in [1.54, 1.807) is 37.2 Å². The smallest absolute Gasteiger partial charge is 0.406 e. The molecule has 4 atom stereocenters. The van der Waals surface area contributed by atoms with E-state index < -0.39 is 65.1 Å². The van der Waals surface area contributed by atoms with Crippen LogP contribution in [0.2, 0.25) is 0 Å². The molecular formula is C59H67F4N11O8S. The van der Waals surface area contributed by atoms with Gasteiger partial charge >= 0.3 is 6.36 Å². The number of carbonyl (C=O) groups excluding carboxylic acids is 6. The number of hydrogen-bond donors (Lipinski definition) is 6. The van der Waals surface area contributed by atoms with E-state index in [1.165, 1.54) is 40.8 Å². The number of likely N-dealkylation sites (tertiary alicyclic amines) is 1. The number of benzene rings is 3. The molecule has 2 aliphatic heterocycles. The fraction of sp³-hybridized carbons (Fsp3) is 0.441. The lowest BCUT2D eigenvalue weighted by atomic mass is 9.85. The number of β-amino-alcohol motifs (C(OH)–C–C–N with tert-alkyl or cyclic N) is 1. The molecule has 9 rings (SSSR count). The first-order valence-electron chi connectivity index (χ1n) is 27.6. The van der Waals surface area contributed by atoms with Gasteiger partial charge in [0, 0.05) is 63.0 Å². The van der Waals surface area contributed by atoms with Crippen molar-refractivity contribution >= 4 is 69.3 Å². The number of nitrogens with zero attached hydrogens (tertiary/aromatic N) is 6. The number of rotatable bonds is 22. The first-order chi connectivity index (χ1) is 39.4. The maximum atomic E-state index is 14.8. The molecule has 1 unspecified atom stereocenters. The number of ether oxygens (including phenoxy) is 1. The average molecular weight is 1170 g/mol. The number of hydrogen-bond acceptors (Lipinski definition) is 13. The van der Waals surface area contributed by atoms with Gasteiger partial charge in [0.05, 0.1) is 46.5 Å². The number of thiazole rings is 1. The number of alkyl halides is 4. The normalized spacial score (nSPS) is 17.2. The lowest BCUT2D eigenvalue weighted by molar-refractivity contribution is -0.274. The average Bonchev–Trinajstić information content (AvgIpc) is 4.02. The van der Waals surface area contributed by atoms with Crippen LogP contribution in [0.1, 0.15) is 101 Å². The van der Waals surface area contributed by atoms with Crippen LogP contribution < -0.4 is 36.6 Å². The lowest BCUT2D eigenvalue weighted by Crippen LogP contribution is -2.59. The Bertz CT molecular complexity index is 3400. The zero-order chi connectivity index (χ0) is 59.4. The number of aromatic nitrogens is 4. The number of aryl methyl sites for hydroxylation is 2. The quantitative estimate of drug-likeness (QED) is 0.0292. The summed E-state index contributed by atoms with van der Waals surface area (Å²) in [5, 5.41) is 22.9. The van der Waals surface area contributed by atoms with Crippen LogP contribution in [0.4, 0.5) is 29.1 Å². The molecule has 0 radical (unpaired) electrons. The van der Waals surface area contributed by atoms with Crippen LogP contribution in [0.5, 0.6) is 5.75 Å². The highest BCUT2D eigenvalue weighted by atomic mass is 32.1. The predicted molar refractivity (Wildman–Crippen MR) is 303 cm³/mol. The fourth-order valence-electron chi connectivity index (χ4n) is 10.6. The molecule has 19 nitrogen and oxygen atoms in total. The van der Waals surface area contributed by atoms with E-state index in [2.05, 4.69) is 41.0 Å². The molecule has 24 heteroatoms. The van der Waals surface area contributed by atoms with E-state index in [9.17, 15) is 51.4 Å². The van der Waals surface area contributed by atoms with Crippen molar-refractivity contribution in [2.75, 3.05) is 36.8 Å². The predicted octanol–water partition coefficient (Wildman–Crippen LogP) is 7.18. The van der Waals surface area contributed by atoms with Gasteiger partial charge in [-0.05, 0) is 103 Å². The number of aliphatic hydroxyl groups is 1. The van der Waals surface area contributed by atoms with Crippen LogP contribution in [-0.2, 0) is 48.2 Å². The first-order valence-corrected chi connectivity index (χ1v) is 28.5. The summed E-state index contributed by atoms with van der Waals surface area (Å²) >= 11 is 1.48. The van der Waals surface area contributed by atoms with Gasteiger partial charge in [-0.1, -0.05) is 63.2 Å². The van der Waals surface area contributed by atoms with Gasteiger partial charge in [0.2, 0.25) is 29.5 Å². The molecule has 3 aromatic carbocycles. The second-order valence-corrected chi connectivity index (χ2v) is 23.4. The molecule has 440 valence electrons. The summed E-state index contributed by atoms with van der Waals surface area (Å²) in [7, 11) is 0. The number of nitrogens with two attached hydrogens (primary N) is 1. The Balaban J connectivity index is 0.758. The van der Waals surface area contributed by atoms with E-state index in [0.29, 0.717) is 73.2 Å². The maximum Gasteiger partial charge on any atom is 0.573 e. The maximum absolute atomic E-state index is 14.8. The number of aliphatic hydroxyl groups excluding tert-OH is 1. The highest BCUT2D eigenvalue weighted by Gasteiger charge is 2.53. The minimum Gasteiger partial charge on any atom is -0.406 e. The molecule has 0 bridgehead atoms. The van der Waals surface area contributed by atoms with Gasteiger partial charge in [-0.3, -0.25) is 28.8 Å². The molecule has 1 saturated heterocycles. The molecule has 3 aromatic heterocycles. The highest BCUT2D eigenvalue weighted by molar-refractivity contribution is 7.13. The Morgan fingerprint density at radius 3 is 2.35 bits per heavy atom. The number of carbonyl (C=O) groups is 6. The number of nitrogen functional groups attached to an aromatic ring is 1. The topological polar surface area (TPSA) is 256 Å². The summed E-state index contributed by atoms with van der Waals surface area (Å²) in [5.74, 6) is -3.03. The zero-order valence-electron chi connectivity index (χ0n) is 46.5. The number of unbranched alkanes of at least 4 members (excludes halogenated alkanes) is 1. The zero-order valence-corrected chi connectivity index (χ0v) is 47.3. The van der Waals surface area contributed by atoms with Crippen molar-refractivity contribution in [1.82, 2.24) is 45.7 Å². The fourth-order valence-corrected chi connectivity index (χ4v) is 11.4. The number of fused-ring (bicyclic) bond motifs is 2. The summed E-state index contributed by atoms with van der Waals surface area (Å²) in [4.78, 5) is 98.1. The molecule has 0 spiro atoms. The van der Waals surface area contributed by atoms with Crippen molar-refractivity contribution < 1.29 is 56.2 Å². The number of anilines is 2. The van der Waals surface area contributed by atoms with E-state index in [4.69, 9.17) is 5.73 Å². The van der Waals surface area contributed by atoms with Crippen LogP contribution in [0.3, 0.4) is 0 Å². The summed E-state index contributed by atoms with van der Waals surface area (Å²) in [6, 6.07) is 15.3. The molecule has 6 amide bonds. The molecule has 6 aromatic rings. The van der Waals surface area contributed by atoms with Gasteiger partial charge in [0.25, 0.3) is 5.91 Å². The Labute approximate surface area is 480 Å². The molecule has 83 heavy (non-hydrogen) atoms. The van der Waals surface area contributed by atoms with Gasteiger partial charge < -0.3 is 51.2 Å². The Kier molecular flexibility index (Phi) is 17.8. The highest BCUT2D eigenvalue weighted by Crippen LogP contribution is 2.41. The molecule has 7 N–H and O–H groups in total. The summed E-state index contributed by atoms with van der Waals surface area (Å²) in [6.45, 7) is 8.39. The van der Waals surface area contributed by atoms with Crippen LogP contribution in [0.25, 0.3) is 32.6 Å². The molecule has 1 aliphatic carbocycles. The van der Waals surface area contributed by atoms with Gasteiger partial charge in [-0.25, -0.2) is 19.3 Å². The largest absolute Gasteiger partial charge is 0.573 e. The third-order valence-corrected chi connectivity index (χ3v) is 16.2. The molecule has 3 aliphatic rings. The molecular weight excluding hydrogens is 1100 g/mol. The van der Waals surface area contributed by atoms with Crippen molar-refractivity contribution in [3.8, 4) is 27.3 Å². The number of nitrogens with one attached hydrogen (secondary N) is 4. The van der Waals surface area contributed by atoms with E-state index in [-0.39, 0.29) is 75.2 Å². The lowest BCUT2D eigenvalue weighted by Gasteiger charge is -2.36. The second kappa shape index (κ2) is 24.8. The minimum atomic E-state index is -4.85. The van der Waals surface area contributed by atoms with Gasteiger partial charge in [-0.2, -0.15) is 0 Å². The van der Waals surface area contributed by atoms with Crippen LogP contribution in [-0.4, -0.2) is 121 Å². The standard InChI is InChI=1S/C59H67F4N11O8S/c1-34-50(83-33-69-34)37-14-12-36(13-15-37)43(70-54(79)45-28-40(75)30-74(45)55(80)51(57(2,3)4)71-56(81)58(60)19-20-58)29-47(77)66-21-6-5-11-46(76)65-22-8-23-72-31-42(49-52(64)67-32-68-53(49)72)38-16-17-44-39(27-38)18-24-73(44)48(78)26-35-9-7-10-41(25-35)82-59(61,62)63/h7,9-10,12-17,25,27,31-33,40,43,45,51,75H,5-6,8,11,18-24,26,28-30H2,1-4H3,(H,65,76)(H,66,77)(H,70,79)(H,71,81)(H2,64,67,68)/t40-,43+,45+,51?/m1/s1. The third-order valence-electron chi connectivity index (χ3n) is 15.2. The molecule has 2 fully saturated rings. The number of amides is 6. The van der Waals surface area contributed by atoms with Crippen LogP contribution in [0, 0.1) is 12.3 Å². The van der Waals surface area contributed by atoms with Gasteiger partial charge in [0.1, 0.15) is 35.6 Å². The van der Waals surface area contributed by atoms with Crippen molar-refractivity contribution in [3.05, 3.63) is 107 Å². The van der Waals surface area contributed by atoms with Gasteiger partial charge in [-0.15, -0.1) is 24.5 Å². The Morgan fingerprint density at radius 2 is 1.64 bits per heavy atom. The summed E-state index contributed by atoms with van der Waals surface area (Å²) < 4.78 is 59.2. The monoisotopic (exact) mass is 1170 g/mol. The van der Waals surface area contributed by atoms with Crippen LogP contribution >= 0.6 is 11.3 Å². The van der Waals surface area contributed by atoms with Crippen molar-refractivity contribution in [2.45, 2.75) is 135 Å². The molecule has 1 saturated carbocycles. The van der Waals surface area contributed by atoms with Crippen molar-refractivity contribution in [2.24, 2.45) is 5.41 Å². The Hall–Kier alpha value is -7.99. The third kappa shape index (κ3) is 14.4. The first kappa shape index (κ1) is 59.6. The summed E-state index contributed by atoms with van der Waals surface area (Å²) in [5.41, 5.74) is 11.9. The van der Waals surface area contributed by atoms with Crippen molar-refractivity contribution in [3.63, 3.8) is 0 Å². The minimum absolute atomic E-state index is 0.0567. The summed E-state index contributed by atoms with van der Waals surface area (Å²) in [6.07, 6.45) is -0.552. The van der Waals surface area contributed by atoms with E-state index >= 15 is 0 Å². The van der Waals surface area contributed by atoms with Gasteiger partial charge in [0.15, 0.2) is 5.67 Å². The van der Waals surface area contributed by atoms with E-state index in [1.807, 2.05) is 60.2 Å². The van der Waals surface area contributed by atoms with E-state index in [0.717, 1.165) is 32.8 Å². The van der Waals surface area contributed by atoms with Crippen molar-refractivity contribution in [1.29, 1.82) is 0 Å². The van der Waals surface area contributed by atoms with Crippen LogP contribution in [0.15, 0.2) is 84.8 Å².